The lowest BCUT2D eigenvalue weighted by molar-refractivity contribution is -0.384. The van der Waals surface area contributed by atoms with E-state index in [0.29, 0.717) is 22.3 Å². The van der Waals surface area contributed by atoms with Gasteiger partial charge in [-0.15, -0.1) is 21.5 Å². The second kappa shape index (κ2) is 9.08. The highest BCUT2D eigenvalue weighted by molar-refractivity contribution is 8.00. The Labute approximate surface area is 200 Å². The van der Waals surface area contributed by atoms with E-state index in [0.717, 1.165) is 28.2 Å². The number of nitrogens with zero attached hydrogens (tertiary/aromatic N) is 4. The van der Waals surface area contributed by atoms with Crippen molar-refractivity contribution < 1.29 is 14.1 Å². The quantitative estimate of drug-likeness (QED) is 0.176. The Kier molecular flexibility index (Phi) is 5.82. The van der Waals surface area contributed by atoms with Gasteiger partial charge in [0.05, 0.1) is 21.4 Å². The molecule has 2 aromatic carbocycles. The molecule has 10 nitrogen and oxygen atoms in total. The molecular weight excluding hydrogens is 476 g/mol. The van der Waals surface area contributed by atoms with Gasteiger partial charge in [-0.05, 0) is 13.0 Å². The van der Waals surface area contributed by atoms with Crippen LogP contribution in [0.3, 0.4) is 0 Å². The number of fused-ring (bicyclic) bond motifs is 1. The van der Waals surface area contributed by atoms with E-state index < -0.39 is 10.2 Å². The first-order chi connectivity index (χ1) is 16.5. The summed E-state index contributed by atoms with van der Waals surface area (Å²) in [5, 5.41) is 24.8. The van der Waals surface area contributed by atoms with Gasteiger partial charge in [-0.3, -0.25) is 14.9 Å². The van der Waals surface area contributed by atoms with Crippen LogP contribution in [0, 0.1) is 10.1 Å². The van der Waals surface area contributed by atoms with Crippen LogP contribution in [-0.4, -0.2) is 36.2 Å². The number of hydrogen-bond donors (Lipinski definition) is 2. The predicted molar refractivity (Wildman–Crippen MR) is 130 cm³/mol. The molecule has 0 radical (unpaired) electrons. The Hall–Kier alpha value is -4.03. The van der Waals surface area contributed by atoms with Crippen molar-refractivity contribution in [3.8, 4) is 22.7 Å². The van der Waals surface area contributed by atoms with Crippen LogP contribution in [-0.2, 0) is 4.79 Å². The number of carbonyl (C=O) groups is 1. The number of non-ortho nitro benzene ring substituents is 1. The number of anilines is 1. The Balaban J connectivity index is 1.24. The van der Waals surface area contributed by atoms with Gasteiger partial charge in [0.15, 0.2) is 5.13 Å². The number of thioether (sulfide) groups is 1. The van der Waals surface area contributed by atoms with E-state index in [1.165, 1.54) is 23.5 Å². The lowest BCUT2D eigenvalue weighted by Gasteiger charge is -2.07. The predicted octanol–water partition coefficient (Wildman–Crippen LogP) is 5.37. The Morgan fingerprint density at radius 2 is 2.09 bits per heavy atom. The van der Waals surface area contributed by atoms with Gasteiger partial charge in [0.25, 0.3) is 16.8 Å². The third-order valence-electron chi connectivity index (χ3n) is 4.96. The van der Waals surface area contributed by atoms with Crippen molar-refractivity contribution in [3.63, 3.8) is 0 Å². The number of benzene rings is 2. The molecule has 2 N–H and O–H groups in total. The molecule has 0 saturated carbocycles. The standard InChI is InChI=1S/C22H16N6O4S2/c1-12(34-22-27-26-20(32-22)16-10-23-17-8-3-2-7-15(16)17)19(29)25-21-24-18(11-33-21)13-5-4-6-14(9-13)28(30)31/h2-12,23H,1H3,(H,24,25,29). The zero-order chi connectivity index (χ0) is 23.7. The fourth-order valence-corrected chi connectivity index (χ4v) is 4.68. The maximum atomic E-state index is 12.7. The summed E-state index contributed by atoms with van der Waals surface area (Å²) in [4.78, 5) is 30.7. The second-order valence-electron chi connectivity index (χ2n) is 7.22. The van der Waals surface area contributed by atoms with Crippen LogP contribution in [0.2, 0.25) is 0 Å². The number of nitro groups is 1. The van der Waals surface area contributed by atoms with Gasteiger partial charge in [-0.2, -0.15) is 0 Å². The molecule has 0 aliphatic rings. The summed E-state index contributed by atoms with van der Waals surface area (Å²) >= 11 is 2.38. The highest BCUT2D eigenvalue weighted by atomic mass is 32.2. The Bertz CT molecular complexity index is 1510. The first-order valence-corrected chi connectivity index (χ1v) is 11.8. The Morgan fingerprint density at radius 1 is 1.24 bits per heavy atom. The van der Waals surface area contributed by atoms with Crippen molar-refractivity contribution in [1.82, 2.24) is 20.2 Å². The minimum Gasteiger partial charge on any atom is -0.411 e. The monoisotopic (exact) mass is 492 g/mol. The van der Waals surface area contributed by atoms with E-state index in [4.69, 9.17) is 4.42 Å². The van der Waals surface area contributed by atoms with Crippen LogP contribution in [0.15, 0.2) is 69.7 Å². The lowest BCUT2D eigenvalue weighted by atomic mass is 10.1. The minimum absolute atomic E-state index is 0.0207. The molecule has 34 heavy (non-hydrogen) atoms. The van der Waals surface area contributed by atoms with Gasteiger partial charge in [0.1, 0.15) is 0 Å². The molecule has 3 aromatic heterocycles. The SMILES string of the molecule is CC(Sc1nnc(-c2c[nH]c3ccccc23)o1)C(=O)Nc1nc(-c2cccc([N+](=O)[O-])c2)cs1. The summed E-state index contributed by atoms with van der Waals surface area (Å²) in [6.45, 7) is 1.73. The number of carbonyl (C=O) groups excluding carboxylic acids is 1. The summed E-state index contributed by atoms with van der Waals surface area (Å²) in [6, 6.07) is 14.0. The maximum Gasteiger partial charge on any atom is 0.277 e. The van der Waals surface area contributed by atoms with Gasteiger partial charge in [0.2, 0.25) is 5.91 Å². The number of aromatic nitrogens is 4. The topological polar surface area (TPSA) is 140 Å². The fraction of sp³-hybridized carbons (Fsp3) is 0.0909. The molecule has 1 atom stereocenters. The molecule has 1 amide bonds. The molecule has 0 aliphatic heterocycles. The van der Waals surface area contributed by atoms with Gasteiger partial charge >= 0.3 is 0 Å². The smallest absolute Gasteiger partial charge is 0.277 e. The van der Waals surface area contributed by atoms with E-state index in [1.54, 1.807) is 24.4 Å². The highest BCUT2D eigenvalue weighted by Gasteiger charge is 2.21. The Morgan fingerprint density at radius 3 is 2.94 bits per heavy atom. The number of rotatable bonds is 7. The number of H-pyrrole nitrogens is 1. The normalized spacial score (nSPS) is 12.0. The third kappa shape index (κ3) is 4.40. The average Bonchev–Trinajstić information content (AvgIpc) is 3.58. The van der Waals surface area contributed by atoms with Gasteiger partial charge in [-0.25, -0.2) is 4.98 Å². The van der Waals surface area contributed by atoms with Crippen molar-refractivity contribution in [3.05, 3.63) is 70.2 Å². The maximum absolute atomic E-state index is 12.7. The fourth-order valence-electron chi connectivity index (χ4n) is 3.27. The molecular formula is C22H16N6O4S2. The summed E-state index contributed by atoms with van der Waals surface area (Å²) in [6.07, 6.45) is 1.81. The lowest BCUT2D eigenvalue weighted by Crippen LogP contribution is -2.22. The van der Waals surface area contributed by atoms with E-state index in [2.05, 4.69) is 25.5 Å². The number of para-hydroxylation sites is 1. The van der Waals surface area contributed by atoms with E-state index in [-0.39, 0.29) is 16.8 Å². The summed E-state index contributed by atoms with van der Waals surface area (Å²) in [5.74, 6) is 0.0888. The number of amides is 1. The first kappa shape index (κ1) is 21.8. The third-order valence-corrected chi connectivity index (χ3v) is 6.65. The molecule has 12 heteroatoms. The number of thiazole rings is 1. The molecule has 5 rings (SSSR count). The molecule has 3 heterocycles. The van der Waals surface area contributed by atoms with Crippen molar-refractivity contribution in [2.75, 3.05) is 5.32 Å². The second-order valence-corrected chi connectivity index (χ2v) is 9.37. The van der Waals surface area contributed by atoms with Crippen LogP contribution in [0.5, 0.6) is 0 Å². The zero-order valence-electron chi connectivity index (χ0n) is 17.6. The minimum atomic E-state index is -0.526. The zero-order valence-corrected chi connectivity index (χ0v) is 19.2. The molecule has 0 fully saturated rings. The molecule has 5 aromatic rings. The largest absolute Gasteiger partial charge is 0.411 e. The van der Waals surface area contributed by atoms with Crippen molar-refractivity contribution in [2.45, 2.75) is 17.4 Å². The van der Waals surface area contributed by atoms with E-state index >= 15 is 0 Å². The molecule has 0 saturated heterocycles. The number of aromatic amines is 1. The first-order valence-electron chi connectivity index (χ1n) is 10.1. The van der Waals surface area contributed by atoms with Crippen LogP contribution in [0.1, 0.15) is 6.92 Å². The van der Waals surface area contributed by atoms with Gasteiger partial charge in [-0.1, -0.05) is 42.1 Å². The van der Waals surface area contributed by atoms with Crippen LogP contribution in [0.25, 0.3) is 33.6 Å². The molecule has 0 bridgehead atoms. The van der Waals surface area contributed by atoms with Gasteiger partial charge < -0.3 is 14.7 Å². The van der Waals surface area contributed by atoms with Crippen LogP contribution < -0.4 is 5.32 Å². The van der Waals surface area contributed by atoms with Gasteiger partial charge in [0, 0.05) is 40.2 Å². The highest BCUT2D eigenvalue weighted by Crippen LogP contribution is 2.32. The molecule has 170 valence electrons. The van der Waals surface area contributed by atoms with Crippen molar-refractivity contribution in [1.29, 1.82) is 0 Å². The van der Waals surface area contributed by atoms with E-state index in [1.807, 2.05) is 30.5 Å². The summed E-state index contributed by atoms with van der Waals surface area (Å²) in [7, 11) is 0. The van der Waals surface area contributed by atoms with E-state index in [9.17, 15) is 14.9 Å². The number of nitro benzene ring substituents is 1. The summed E-state index contributed by atoms with van der Waals surface area (Å²) < 4.78 is 5.77. The molecule has 1 unspecified atom stereocenters. The van der Waals surface area contributed by atoms with Crippen LogP contribution in [0.4, 0.5) is 10.8 Å². The number of nitrogens with one attached hydrogen (secondary N) is 2. The summed E-state index contributed by atoms with van der Waals surface area (Å²) in [5.41, 5.74) is 2.88. The van der Waals surface area contributed by atoms with Crippen molar-refractivity contribution in [2.24, 2.45) is 0 Å². The van der Waals surface area contributed by atoms with Crippen LogP contribution >= 0.6 is 23.1 Å². The number of hydrogen-bond acceptors (Lipinski definition) is 9. The molecule has 0 aliphatic carbocycles. The average molecular weight is 493 g/mol. The van der Waals surface area contributed by atoms with Crippen molar-refractivity contribution >= 4 is 50.7 Å². The molecule has 0 spiro atoms.